The molecule has 0 heterocycles. The van der Waals surface area contributed by atoms with E-state index in [9.17, 15) is 4.79 Å². The molecule has 0 N–H and O–H groups in total. The molecule has 2 heteroatoms. The van der Waals surface area contributed by atoms with E-state index in [0.717, 1.165) is 25.9 Å². The topological polar surface area (TPSA) is 20.3 Å². The van der Waals surface area contributed by atoms with Crippen LogP contribution in [-0.4, -0.2) is 23.9 Å². The summed E-state index contributed by atoms with van der Waals surface area (Å²) in [7, 11) is 0. The molecule has 0 aromatic rings. The third-order valence-electron chi connectivity index (χ3n) is 1.55. The molecule has 0 aromatic carbocycles. The molecule has 0 atom stereocenters. The maximum absolute atomic E-state index is 11.2. The summed E-state index contributed by atoms with van der Waals surface area (Å²) in [5, 5.41) is 0. The molecule has 0 aromatic heterocycles. The van der Waals surface area contributed by atoms with Crippen molar-refractivity contribution in [2.75, 3.05) is 13.1 Å². The fourth-order valence-corrected chi connectivity index (χ4v) is 1.06. The molecule has 2 nitrogen and oxygen atoms in total. The molecule has 0 aliphatic carbocycles. The Labute approximate surface area is 69.6 Å². The molecule has 0 unspecified atom stereocenters. The maximum atomic E-state index is 11.2. The van der Waals surface area contributed by atoms with E-state index in [4.69, 9.17) is 0 Å². The zero-order valence-corrected chi connectivity index (χ0v) is 7.60. The first-order valence-electron chi connectivity index (χ1n) is 4.33. The SMILES string of the molecule is [CH2]CC(=O)N(CCC)CCC. The number of carbonyl (C=O) groups excluding carboxylic acids is 1. The molecule has 0 spiro atoms. The summed E-state index contributed by atoms with van der Waals surface area (Å²) in [4.78, 5) is 13.0. The van der Waals surface area contributed by atoms with Crippen LogP contribution >= 0.6 is 0 Å². The lowest BCUT2D eigenvalue weighted by Gasteiger charge is -2.20. The Morgan fingerprint density at radius 3 is 2.00 bits per heavy atom. The van der Waals surface area contributed by atoms with E-state index in [-0.39, 0.29) is 5.91 Å². The summed E-state index contributed by atoms with van der Waals surface area (Å²) in [6, 6.07) is 0. The van der Waals surface area contributed by atoms with E-state index < -0.39 is 0 Å². The van der Waals surface area contributed by atoms with E-state index in [1.54, 1.807) is 0 Å². The second-order valence-electron chi connectivity index (χ2n) is 2.63. The smallest absolute Gasteiger partial charge is 0.222 e. The van der Waals surface area contributed by atoms with Gasteiger partial charge in [-0.05, 0) is 19.8 Å². The van der Waals surface area contributed by atoms with Gasteiger partial charge in [-0.1, -0.05) is 13.8 Å². The predicted molar refractivity (Wildman–Crippen MR) is 47.1 cm³/mol. The van der Waals surface area contributed by atoms with Gasteiger partial charge in [0.15, 0.2) is 0 Å². The average molecular weight is 156 g/mol. The lowest BCUT2D eigenvalue weighted by atomic mass is 10.3. The van der Waals surface area contributed by atoms with Gasteiger partial charge in [-0.2, -0.15) is 0 Å². The van der Waals surface area contributed by atoms with Crippen molar-refractivity contribution in [2.24, 2.45) is 0 Å². The van der Waals surface area contributed by atoms with Crippen LogP contribution in [-0.2, 0) is 4.79 Å². The van der Waals surface area contributed by atoms with Gasteiger partial charge in [0.05, 0.1) is 0 Å². The Morgan fingerprint density at radius 2 is 1.73 bits per heavy atom. The van der Waals surface area contributed by atoms with Gasteiger partial charge in [-0.3, -0.25) is 4.79 Å². The molecule has 1 amide bonds. The van der Waals surface area contributed by atoms with E-state index in [2.05, 4.69) is 20.8 Å². The first-order chi connectivity index (χ1) is 5.26. The Hall–Kier alpha value is -0.530. The summed E-state index contributed by atoms with van der Waals surface area (Å²) in [6.07, 6.45) is 2.46. The Morgan fingerprint density at radius 1 is 1.27 bits per heavy atom. The van der Waals surface area contributed by atoms with Crippen LogP contribution in [0.1, 0.15) is 33.1 Å². The second-order valence-corrected chi connectivity index (χ2v) is 2.63. The van der Waals surface area contributed by atoms with Crippen LogP contribution in [0.3, 0.4) is 0 Å². The van der Waals surface area contributed by atoms with Crippen molar-refractivity contribution in [2.45, 2.75) is 33.1 Å². The van der Waals surface area contributed by atoms with Crippen molar-refractivity contribution < 1.29 is 4.79 Å². The van der Waals surface area contributed by atoms with Gasteiger partial charge in [-0.25, -0.2) is 0 Å². The highest BCUT2D eigenvalue weighted by molar-refractivity contribution is 5.76. The minimum absolute atomic E-state index is 0.175. The van der Waals surface area contributed by atoms with Gasteiger partial charge in [-0.15, -0.1) is 0 Å². The molecule has 0 fully saturated rings. The van der Waals surface area contributed by atoms with Gasteiger partial charge in [0.1, 0.15) is 0 Å². The Kier molecular flexibility index (Phi) is 5.90. The normalized spacial score (nSPS) is 9.73. The molecule has 0 saturated carbocycles. The number of hydrogen-bond acceptors (Lipinski definition) is 1. The van der Waals surface area contributed by atoms with Crippen LogP contribution in [0.4, 0.5) is 0 Å². The van der Waals surface area contributed by atoms with Crippen molar-refractivity contribution in [1.29, 1.82) is 0 Å². The first-order valence-corrected chi connectivity index (χ1v) is 4.33. The Balaban J connectivity index is 3.76. The number of amides is 1. The van der Waals surface area contributed by atoms with Crippen molar-refractivity contribution in [1.82, 2.24) is 4.90 Å². The van der Waals surface area contributed by atoms with Crippen LogP contribution in [0.2, 0.25) is 0 Å². The summed E-state index contributed by atoms with van der Waals surface area (Å²) >= 11 is 0. The fourth-order valence-electron chi connectivity index (χ4n) is 1.06. The molecular formula is C9H18NO. The van der Waals surface area contributed by atoms with Gasteiger partial charge in [0.25, 0.3) is 0 Å². The minimum atomic E-state index is 0.175. The van der Waals surface area contributed by atoms with E-state index >= 15 is 0 Å². The van der Waals surface area contributed by atoms with E-state index in [0.29, 0.717) is 6.42 Å². The highest BCUT2D eigenvalue weighted by atomic mass is 16.2. The molecule has 0 aliphatic heterocycles. The highest BCUT2D eigenvalue weighted by Gasteiger charge is 2.07. The zero-order chi connectivity index (χ0) is 8.69. The standard InChI is InChI=1S/C9H18NO/c1-4-7-10(8-5-2)9(11)6-3/h3-8H2,1-2H3. The lowest BCUT2D eigenvalue weighted by Crippen LogP contribution is -2.31. The fraction of sp³-hybridized carbons (Fsp3) is 0.778. The van der Waals surface area contributed by atoms with Gasteiger partial charge in [0, 0.05) is 19.5 Å². The first kappa shape index (κ1) is 10.5. The van der Waals surface area contributed by atoms with Gasteiger partial charge >= 0.3 is 0 Å². The monoisotopic (exact) mass is 156 g/mol. The molecule has 65 valence electrons. The average Bonchev–Trinajstić information content (AvgIpc) is 2.03. The molecular weight excluding hydrogens is 138 g/mol. The van der Waals surface area contributed by atoms with Crippen LogP contribution < -0.4 is 0 Å². The number of carbonyl (C=O) groups is 1. The summed E-state index contributed by atoms with van der Waals surface area (Å²) in [5.41, 5.74) is 0. The van der Waals surface area contributed by atoms with Gasteiger partial charge < -0.3 is 4.90 Å². The molecule has 0 saturated heterocycles. The molecule has 0 aliphatic rings. The third kappa shape index (κ3) is 4.02. The van der Waals surface area contributed by atoms with Crippen LogP contribution in [0, 0.1) is 6.92 Å². The largest absolute Gasteiger partial charge is 0.343 e. The van der Waals surface area contributed by atoms with Crippen molar-refractivity contribution >= 4 is 5.91 Å². The number of hydrogen-bond donors (Lipinski definition) is 0. The van der Waals surface area contributed by atoms with Crippen molar-refractivity contribution in [3.8, 4) is 0 Å². The molecule has 0 bridgehead atoms. The predicted octanol–water partition coefficient (Wildman–Crippen LogP) is 1.86. The van der Waals surface area contributed by atoms with Crippen LogP contribution in [0.25, 0.3) is 0 Å². The lowest BCUT2D eigenvalue weighted by molar-refractivity contribution is -0.130. The number of rotatable bonds is 5. The quantitative estimate of drug-likeness (QED) is 0.595. The zero-order valence-electron chi connectivity index (χ0n) is 7.60. The van der Waals surface area contributed by atoms with E-state index in [1.807, 2.05) is 4.90 Å². The third-order valence-corrected chi connectivity index (χ3v) is 1.55. The van der Waals surface area contributed by atoms with Crippen LogP contribution in [0.15, 0.2) is 0 Å². The minimum Gasteiger partial charge on any atom is -0.343 e. The maximum Gasteiger partial charge on any atom is 0.222 e. The highest BCUT2D eigenvalue weighted by Crippen LogP contribution is 1.97. The Bertz CT molecular complexity index is 106. The summed E-state index contributed by atoms with van der Waals surface area (Å²) in [5.74, 6) is 0.175. The van der Waals surface area contributed by atoms with E-state index in [1.165, 1.54) is 0 Å². The number of nitrogens with zero attached hydrogens (tertiary/aromatic N) is 1. The molecule has 0 rings (SSSR count). The molecule has 11 heavy (non-hydrogen) atoms. The van der Waals surface area contributed by atoms with Crippen LogP contribution in [0.5, 0.6) is 0 Å². The molecule has 1 radical (unpaired) electrons. The summed E-state index contributed by atoms with van der Waals surface area (Å²) in [6.45, 7) is 9.50. The van der Waals surface area contributed by atoms with Crippen molar-refractivity contribution in [3.05, 3.63) is 6.92 Å². The summed E-state index contributed by atoms with van der Waals surface area (Å²) < 4.78 is 0. The van der Waals surface area contributed by atoms with Gasteiger partial charge in [0.2, 0.25) is 5.91 Å². The van der Waals surface area contributed by atoms with Crippen molar-refractivity contribution in [3.63, 3.8) is 0 Å². The second kappa shape index (κ2) is 6.20.